The van der Waals surface area contributed by atoms with Crippen LogP contribution in [-0.2, 0) is 7.05 Å². The maximum Gasteiger partial charge on any atom is 0.269 e. The van der Waals surface area contributed by atoms with Crippen LogP contribution in [0.1, 0.15) is 41.9 Å². The molecule has 0 radical (unpaired) electrons. The third-order valence-corrected chi connectivity index (χ3v) is 3.34. The molecule has 0 aliphatic heterocycles. The highest BCUT2D eigenvalue weighted by Crippen LogP contribution is 2.03. The van der Waals surface area contributed by atoms with Crippen molar-refractivity contribution in [3.8, 4) is 0 Å². The van der Waals surface area contributed by atoms with E-state index in [0.29, 0.717) is 5.69 Å². The first-order chi connectivity index (χ1) is 8.15. The number of hydrogen-bond donors (Lipinski definition) is 1. The van der Waals surface area contributed by atoms with Crippen molar-refractivity contribution in [2.75, 3.05) is 11.0 Å². The molecular formula is C12H20IN3O. The minimum atomic E-state index is -0.0259. The number of aromatic nitrogens is 2. The standard InChI is InChI=1S/C12H20IN3O/c1-10-9-11(16(2)15-10)12(17)14-8-6-4-3-5-7-13/h9H,3-8H2,1-2H3,(H,14,17). The second kappa shape index (κ2) is 7.68. The van der Waals surface area contributed by atoms with Crippen molar-refractivity contribution >= 4 is 28.5 Å². The second-order valence-corrected chi connectivity index (χ2v) is 5.23. The molecule has 1 aromatic rings. The minimum absolute atomic E-state index is 0.0259. The van der Waals surface area contributed by atoms with Crippen molar-refractivity contribution in [3.05, 3.63) is 17.5 Å². The predicted molar refractivity (Wildman–Crippen MR) is 77.6 cm³/mol. The number of alkyl halides is 1. The summed E-state index contributed by atoms with van der Waals surface area (Å²) < 4.78 is 2.85. The van der Waals surface area contributed by atoms with Gasteiger partial charge < -0.3 is 5.32 Å². The summed E-state index contributed by atoms with van der Waals surface area (Å²) in [6.07, 6.45) is 4.77. The van der Waals surface area contributed by atoms with Crippen LogP contribution < -0.4 is 5.32 Å². The smallest absolute Gasteiger partial charge is 0.269 e. The molecule has 0 spiro atoms. The molecular weight excluding hydrogens is 329 g/mol. The van der Waals surface area contributed by atoms with Crippen LogP contribution in [0, 0.1) is 6.92 Å². The fourth-order valence-corrected chi connectivity index (χ4v) is 2.23. The first kappa shape index (κ1) is 14.5. The molecule has 0 aliphatic carbocycles. The normalized spacial score (nSPS) is 10.5. The molecule has 1 rings (SSSR count). The topological polar surface area (TPSA) is 46.9 Å². The number of hydrogen-bond acceptors (Lipinski definition) is 2. The van der Waals surface area contributed by atoms with E-state index in [-0.39, 0.29) is 5.91 Å². The molecule has 0 aliphatic rings. The maximum absolute atomic E-state index is 11.8. The van der Waals surface area contributed by atoms with E-state index in [9.17, 15) is 4.79 Å². The molecule has 1 amide bonds. The number of nitrogens with zero attached hydrogens (tertiary/aromatic N) is 2. The van der Waals surface area contributed by atoms with Gasteiger partial charge in [0, 0.05) is 13.6 Å². The van der Waals surface area contributed by atoms with Crippen LogP contribution in [0.15, 0.2) is 6.07 Å². The summed E-state index contributed by atoms with van der Waals surface area (Å²) in [6, 6.07) is 1.81. The van der Waals surface area contributed by atoms with Crippen LogP contribution in [0.3, 0.4) is 0 Å². The van der Waals surface area contributed by atoms with Crippen molar-refractivity contribution in [1.29, 1.82) is 0 Å². The first-order valence-electron chi connectivity index (χ1n) is 6.00. The van der Waals surface area contributed by atoms with Crippen molar-refractivity contribution in [3.63, 3.8) is 0 Å². The highest BCUT2D eigenvalue weighted by Gasteiger charge is 2.10. The first-order valence-corrected chi connectivity index (χ1v) is 7.52. The van der Waals surface area contributed by atoms with E-state index in [4.69, 9.17) is 0 Å². The lowest BCUT2D eigenvalue weighted by Crippen LogP contribution is -2.26. The number of carbonyl (C=O) groups excluding carboxylic acids is 1. The van der Waals surface area contributed by atoms with Gasteiger partial charge in [0.15, 0.2) is 0 Å². The van der Waals surface area contributed by atoms with Gasteiger partial charge in [-0.3, -0.25) is 9.48 Å². The molecule has 4 nitrogen and oxygen atoms in total. The van der Waals surface area contributed by atoms with E-state index in [1.54, 1.807) is 11.7 Å². The SMILES string of the molecule is Cc1cc(C(=O)NCCCCCCI)n(C)n1. The maximum atomic E-state index is 11.8. The van der Waals surface area contributed by atoms with Crippen LogP contribution in [0.4, 0.5) is 0 Å². The Kier molecular flexibility index (Phi) is 6.54. The summed E-state index contributed by atoms with van der Waals surface area (Å²) in [5, 5.41) is 7.08. The van der Waals surface area contributed by atoms with Crippen LogP contribution in [0.2, 0.25) is 0 Å². The molecule has 5 heteroatoms. The Morgan fingerprint density at radius 1 is 1.41 bits per heavy atom. The third kappa shape index (κ3) is 5.06. The number of aryl methyl sites for hydroxylation is 2. The number of carbonyl (C=O) groups is 1. The quantitative estimate of drug-likeness (QED) is 0.467. The summed E-state index contributed by atoms with van der Waals surface area (Å²) in [7, 11) is 1.79. The van der Waals surface area contributed by atoms with Gasteiger partial charge in [-0.15, -0.1) is 0 Å². The molecule has 0 saturated heterocycles. The third-order valence-electron chi connectivity index (χ3n) is 2.58. The average molecular weight is 349 g/mol. The Bertz CT molecular complexity index is 363. The number of nitrogens with one attached hydrogen (secondary N) is 1. The summed E-state index contributed by atoms with van der Waals surface area (Å²) in [5.74, 6) is -0.0259. The van der Waals surface area contributed by atoms with Gasteiger partial charge in [-0.1, -0.05) is 35.4 Å². The number of rotatable bonds is 7. The van der Waals surface area contributed by atoms with Crippen molar-refractivity contribution in [2.24, 2.45) is 7.05 Å². The van der Waals surface area contributed by atoms with Crippen molar-refractivity contribution < 1.29 is 4.79 Å². The van der Waals surface area contributed by atoms with E-state index in [1.165, 1.54) is 23.7 Å². The van der Waals surface area contributed by atoms with E-state index in [2.05, 4.69) is 33.0 Å². The molecule has 1 heterocycles. The van der Waals surface area contributed by atoms with Gasteiger partial charge >= 0.3 is 0 Å². The number of halogens is 1. The fraction of sp³-hybridized carbons (Fsp3) is 0.667. The van der Waals surface area contributed by atoms with Gasteiger partial charge in [-0.25, -0.2) is 0 Å². The Balaban J connectivity index is 2.23. The zero-order chi connectivity index (χ0) is 12.7. The van der Waals surface area contributed by atoms with E-state index >= 15 is 0 Å². The molecule has 0 atom stereocenters. The molecule has 0 aromatic carbocycles. The molecule has 0 unspecified atom stereocenters. The summed E-state index contributed by atoms with van der Waals surface area (Å²) >= 11 is 2.39. The predicted octanol–water partition coefficient (Wildman–Crippen LogP) is 2.45. The number of amides is 1. The molecule has 1 aromatic heterocycles. The van der Waals surface area contributed by atoms with Crippen LogP contribution in [0.25, 0.3) is 0 Å². The van der Waals surface area contributed by atoms with Crippen LogP contribution >= 0.6 is 22.6 Å². The highest BCUT2D eigenvalue weighted by atomic mass is 127. The lowest BCUT2D eigenvalue weighted by atomic mass is 10.2. The van der Waals surface area contributed by atoms with Gasteiger partial charge in [-0.2, -0.15) is 5.10 Å². The van der Waals surface area contributed by atoms with E-state index in [0.717, 1.165) is 18.7 Å². The van der Waals surface area contributed by atoms with Crippen LogP contribution in [-0.4, -0.2) is 26.7 Å². The van der Waals surface area contributed by atoms with Gasteiger partial charge in [0.1, 0.15) is 5.69 Å². The summed E-state index contributed by atoms with van der Waals surface area (Å²) in [5.41, 5.74) is 1.51. The largest absolute Gasteiger partial charge is 0.351 e. The zero-order valence-corrected chi connectivity index (χ0v) is 12.7. The molecule has 1 N–H and O–H groups in total. The molecule has 17 heavy (non-hydrogen) atoms. The lowest BCUT2D eigenvalue weighted by Gasteiger charge is -2.04. The minimum Gasteiger partial charge on any atom is -0.351 e. The molecule has 0 saturated carbocycles. The Hall–Kier alpha value is -0.590. The lowest BCUT2D eigenvalue weighted by molar-refractivity contribution is 0.0943. The summed E-state index contributed by atoms with van der Waals surface area (Å²) in [6.45, 7) is 2.64. The van der Waals surface area contributed by atoms with Crippen molar-refractivity contribution in [1.82, 2.24) is 15.1 Å². The Morgan fingerprint density at radius 3 is 2.71 bits per heavy atom. The monoisotopic (exact) mass is 349 g/mol. The average Bonchev–Trinajstić information content (AvgIpc) is 2.62. The summed E-state index contributed by atoms with van der Waals surface area (Å²) in [4.78, 5) is 11.8. The molecule has 96 valence electrons. The molecule has 0 fully saturated rings. The van der Waals surface area contributed by atoms with Crippen LogP contribution in [0.5, 0.6) is 0 Å². The fourth-order valence-electron chi connectivity index (χ4n) is 1.69. The Labute approximate surface area is 116 Å². The number of unbranched alkanes of at least 4 members (excludes halogenated alkanes) is 3. The van der Waals surface area contributed by atoms with Gasteiger partial charge in [-0.05, 0) is 30.3 Å². The van der Waals surface area contributed by atoms with Gasteiger partial charge in [0.25, 0.3) is 5.91 Å². The van der Waals surface area contributed by atoms with E-state index < -0.39 is 0 Å². The van der Waals surface area contributed by atoms with Gasteiger partial charge in [0.2, 0.25) is 0 Å². The second-order valence-electron chi connectivity index (χ2n) is 4.15. The zero-order valence-electron chi connectivity index (χ0n) is 10.5. The highest BCUT2D eigenvalue weighted by molar-refractivity contribution is 14.1. The Morgan fingerprint density at radius 2 is 2.12 bits per heavy atom. The van der Waals surface area contributed by atoms with E-state index in [1.807, 2.05) is 13.0 Å². The van der Waals surface area contributed by atoms with Crippen molar-refractivity contribution in [2.45, 2.75) is 32.6 Å². The van der Waals surface area contributed by atoms with Gasteiger partial charge in [0.05, 0.1) is 5.69 Å². The molecule has 0 bridgehead atoms.